The molecular formula is C16H23ClN2O4. The van der Waals surface area contributed by atoms with Crippen molar-refractivity contribution in [3.05, 3.63) is 29.8 Å². The number of hydrogen-bond donors (Lipinski definition) is 2. The quantitative estimate of drug-likeness (QED) is 0.794. The summed E-state index contributed by atoms with van der Waals surface area (Å²) >= 11 is 0. The highest BCUT2D eigenvalue weighted by atomic mass is 35.5. The second-order valence-corrected chi connectivity index (χ2v) is 5.18. The zero-order valence-corrected chi connectivity index (χ0v) is 14.2. The first-order valence-corrected chi connectivity index (χ1v) is 7.50. The van der Waals surface area contributed by atoms with Gasteiger partial charge in [-0.3, -0.25) is 9.59 Å². The number of amides is 1. The van der Waals surface area contributed by atoms with Crippen LogP contribution in [0.2, 0.25) is 0 Å². The van der Waals surface area contributed by atoms with E-state index in [2.05, 4.69) is 10.6 Å². The van der Waals surface area contributed by atoms with E-state index in [0.717, 1.165) is 5.56 Å². The van der Waals surface area contributed by atoms with Crippen LogP contribution in [0.4, 0.5) is 5.69 Å². The molecule has 7 heteroatoms. The number of esters is 1. The number of anilines is 1. The number of carbonyl (C=O) groups excluding carboxylic acids is 2. The number of halogens is 1. The van der Waals surface area contributed by atoms with E-state index in [1.807, 2.05) is 13.0 Å². The Kier molecular flexibility index (Phi) is 8.02. The molecule has 0 aromatic heterocycles. The van der Waals surface area contributed by atoms with Gasteiger partial charge in [0.1, 0.15) is 6.04 Å². The van der Waals surface area contributed by atoms with Gasteiger partial charge >= 0.3 is 5.97 Å². The summed E-state index contributed by atoms with van der Waals surface area (Å²) in [6, 6.07) is 6.84. The summed E-state index contributed by atoms with van der Waals surface area (Å²) < 4.78 is 10.4. The Bertz CT molecular complexity index is 539. The highest BCUT2D eigenvalue weighted by molar-refractivity contribution is 5.95. The van der Waals surface area contributed by atoms with Gasteiger partial charge in [0.05, 0.1) is 25.7 Å². The molecule has 0 spiro atoms. The van der Waals surface area contributed by atoms with Gasteiger partial charge in [-0.1, -0.05) is 12.1 Å². The molecule has 2 N–H and O–H groups in total. The summed E-state index contributed by atoms with van der Waals surface area (Å²) in [5.41, 5.74) is 1.46. The smallest absolute Gasteiger partial charge is 0.310 e. The molecule has 1 fully saturated rings. The van der Waals surface area contributed by atoms with E-state index in [9.17, 15) is 9.59 Å². The van der Waals surface area contributed by atoms with E-state index >= 15 is 0 Å². The predicted molar refractivity (Wildman–Crippen MR) is 89.9 cm³/mol. The molecule has 128 valence electrons. The lowest BCUT2D eigenvalue weighted by molar-refractivity contribution is -0.142. The van der Waals surface area contributed by atoms with Gasteiger partial charge in [-0.15, -0.1) is 12.4 Å². The van der Waals surface area contributed by atoms with E-state index in [1.165, 1.54) is 0 Å². The van der Waals surface area contributed by atoms with Crippen LogP contribution in [-0.4, -0.2) is 43.8 Å². The van der Waals surface area contributed by atoms with Crippen LogP contribution in [0.5, 0.6) is 0 Å². The Morgan fingerprint density at radius 2 is 2.22 bits per heavy atom. The lowest BCUT2D eigenvalue weighted by Crippen LogP contribution is -2.53. The fraction of sp³-hybridized carbons (Fsp3) is 0.500. The van der Waals surface area contributed by atoms with Crippen LogP contribution < -0.4 is 10.6 Å². The molecular weight excluding hydrogens is 320 g/mol. The minimum atomic E-state index is -0.373. The van der Waals surface area contributed by atoms with Crippen molar-refractivity contribution in [2.24, 2.45) is 0 Å². The third-order valence-corrected chi connectivity index (χ3v) is 3.45. The van der Waals surface area contributed by atoms with Gasteiger partial charge in [0, 0.05) is 12.2 Å². The molecule has 0 radical (unpaired) electrons. The number of hydrogen-bond acceptors (Lipinski definition) is 5. The van der Waals surface area contributed by atoms with Crippen LogP contribution in [0.25, 0.3) is 0 Å². The minimum Gasteiger partial charge on any atom is -0.466 e. The van der Waals surface area contributed by atoms with Crippen LogP contribution in [0.3, 0.4) is 0 Å². The summed E-state index contributed by atoms with van der Waals surface area (Å²) in [6.07, 6.45) is 0.0233. The number of nitrogens with one attached hydrogen (secondary N) is 2. The Morgan fingerprint density at radius 3 is 2.91 bits per heavy atom. The molecule has 0 bridgehead atoms. The van der Waals surface area contributed by atoms with Crippen molar-refractivity contribution in [2.45, 2.75) is 32.4 Å². The Labute approximate surface area is 142 Å². The first-order chi connectivity index (χ1) is 10.6. The first kappa shape index (κ1) is 19.4. The minimum absolute atomic E-state index is 0. The van der Waals surface area contributed by atoms with Gasteiger partial charge in [0.2, 0.25) is 5.91 Å². The average molecular weight is 343 g/mol. The third kappa shape index (κ3) is 5.82. The van der Waals surface area contributed by atoms with Crippen molar-refractivity contribution in [1.82, 2.24) is 5.32 Å². The van der Waals surface area contributed by atoms with E-state index in [-0.39, 0.29) is 42.9 Å². The maximum Gasteiger partial charge on any atom is 0.310 e. The normalized spacial score (nSPS) is 20.3. The molecule has 0 unspecified atom stereocenters. The molecule has 0 aliphatic carbocycles. The topological polar surface area (TPSA) is 76.7 Å². The number of ether oxygens (including phenoxy) is 2. The maximum absolute atomic E-state index is 12.3. The Hall–Kier alpha value is -1.63. The zero-order chi connectivity index (χ0) is 15.9. The number of morpholine rings is 1. The van der Waals surface area contributed by atoms with Gasteiger partial charge in [0.15, 0.2) is 0 Å². The molecule has 2 rings (SSSR count). The van der Waals surface area contributed by atoms with Crippen LogP contribution in [-0.2, 0) is 25.5 Å². The van der Waals surface area contributed by atoms with Gasteiger partial charge < -0.3 is 20.1 Å². The molecule has 23 heavy (non-hydrogen) atoms. The van der Waals surface area contributed by atoms with Crippen LogP contribution in [0.15, 0.2) is 24.3 Å². The number of rotatable bonds is 5. The number of benzene rings is 1. The molecule has 0 saturated carbocycles. The van der Waals surface area contributed by atoms with Crippen molar-refractivity contribution < 1.29 is 19.1 Å². The fourth-order valence-electron chi connectivity index (χ4n) is 2.39. The van der Waals surface area contributed by atoms with Crippen molar-refractivity contribution in [2.75, 3.05) is 25.1 Å². The summed E-state index contributed by atoms with van der Waals surface area (Å²) in [6.45, 7) is 5.27. The fourth-order valence-corrected chi connectivity index (χ4v) is 2.39. The van der Waals surface area contributed by atoms with Crippen molar-refractivity contribution in [3.8, 4) is 0 Å². The molecule has 1 amide bonds. The van der Waals surface area contributed by atoms with Crippen LogP contribution >= 0.6 is 12.4 Å². The van der Waals surface area contributed by atoms with Gasteiger partial charge in [0.25, 0.3) is 0 Å². The van der Waals surface area contributed by atoms with Crippen molar-refractivity contribution >= 4 is 30.0 Å². The Morgan fingerprint density at radius 1 is 1.43 bits per heavy atom. The summed E-state index contributed by atoms with van der Waals surface area (Å²) in [5, 5.41) is 6.00. The molecule has 1 heterocycles. The number of carbonyl (C=O) groups is 2. The van der Waals surface area contributed by atoms with E-state index in [1.54, 1.807) is 25.1 Å². The van der Waals surface area contributed by atoms with E-state index in [0.29, 0.717) is 25.4 Å². The van der Waals surface area contributed by atoms with E-state index in [4.69, 9.17) is 9.47 Å². The summed E-state index contributed by atoms with van der Waals surface area (Å²) in [5.74, 6) is -0.414. The lowest BCUT2D eigenvalue weighted by Gasteiger charge is -2.29. The highest BCUT2D eigenvalue weighted by Crippen LogP contribution is 2.14. The van der Waals surface area contributed by atoms with Crippen molar-refractivity contribution in [3.63, 3.8) is 0 Å². The third-order valence-electron chi connectivity index (χ3n) is 3.45. The van der Waals surface area contributed by atoms with Crippen molar-refractivity contribution in [1.29, 1.82) is 0 Å². The molecule has 1 aliphatic rings. The molecule has 6 nitrogen and oxygen atoms in total. The average Bonchev–Trinajstić information content (AvgIpc) is 2.48. The highest BCUT2D eigenvalue weighted by Gasteiger charge is 2.28. The van der Waals surface area contributed by atoms with Crippen LogP contribution in [0.1, 0.15) is 19.4 Å². The predicted octanol–water partition coefficient (Wildman–Crippen LogP) is 1.53. The molecule has 1 aromatic carbocycles. The van der Waals surface area contributed by atoms with Gasteiger partial charge in [-0.2, -0.15) is 0 Å². The second-order valence-electron chi connectivity index (χ2n) is 5.18. The van der Waals surface area contributed by atoms with Gasteiger partial charge in [-0.25, -0.2) is 0 Å². The largest absolute Gasteiger partial charge is 0.466 e. The zero-order valence-electron chi connectivity index (χ0n) is 13.3. The molecule has 2 atom stereocenters. The maximum atomic E-state index is 12.3. The van der Waals surface area contributed by atoms with Gasteiger partial charge in [-0.05, 0) is 31.5 Å². The SMILES string of the molecule is CCOC(=O)Cc1cccc(NC(=O)[C@H]2NCCO[C@@H]2C)c1.Cl. The monoisotopic (exact) mass is 342 g/mol. The Balaban J connectivity index is 0.00000264. The molecule has 1 saturated heterocycles. The van der Waals surface area contributed by atoms with Crippen LogP contribution in [0, 0.1) is 0 Å². The standard InChI is InChI=1S/C16H22N2O4.ClH/c1-3-21-14(19)10-12-5-4-6-13(9-12)18-16(20)15-11(2)22-8-7-17-15;/h4-6,9,11,15,17H,3,7-8,10H2,1-2H3,(H,18,20);1H/t11-,15+;/m1./s1. The lowest BCUT2D eigenvalue weighted by atomic mass is 10.1. The molecule has 1 aliphatic heterocycles. The second kappa shape index (κ2) is 9.50. The summed E-state index contributed by atoms with van der Waals surface area (Å²) in [7, 11) is 0. The van der Waals surface area contributed by atoms with E-state index < -0.39 is 0 Å². The first-order valence-electron chi connectivity index (χ1n) is 7.50. The molecule has 1 aromatic rings. The summed E-state index contributed by atoms with van der Waals surface area (Å²) in [4.78, 5) is 23.8.